The normalized spacial score (nSPS) is 11.3. The van der Waals surface area contributed by atoms with Crippen LogP contribution in [0.5, 0.6) is 5.75 Å². The van der Waals surface area contributed by atoms with Crippen LogP contribution in [0.1, 0.15) is 11.1 Å². The molecule has 0 amide bonds. The van der Waals surface area contributed by atoms with E-state index in [2.05, 4.69) is 5.32 Å². The summed E-state index contributed by atoms with van der Waals surface area (Å²) in [5, 5.41) is 11.8. The third-order valence-corrected chi connectivity index (χ3v) is 3.02. The largest absolute Gasteiger partial charge is 0.482 e. The van der Waals surface area contributed by atoms with Gasteiger partial charge in [0, 0.05) is 12.6 Å². The first-order chi connectivity index (χ1) is 10.9. The monoisotopic (exact) mass is 329 g/mol. The Hall–Kier alpha value is -2.28. The van der Waals surface area contributed by atoms with E-state index in [1.807, 2.05) is 0 Å². The molecule has 0 radical (unpaired) electrons. The van der Waals surface area contributed by atoms with Crippen LogP contribution in [0.15, 0.2) is 42.5 Å². The third-order valence-electron chi connectivity index (χ3n) is 3.02. The lowest BCUT2D eigenvalue weighted by molar-refractivity contribution is -0.153. The molecule has 0 spiro atoms. The van der Waals surface area contributed by atoms with Crippen LogP contribution in [0.25, 0.3) is 0 Å². The molecule has 2 aromatic rings. The van der Waals surface area contributed by atoms with Gasteiger partial charge in [-0.15, -0.1) is 0 Å². The number of hydrogen-bond donors (Lipinski definition) is 2. The second kappa shape index (κ2) is 7.32. The Kier molecular flexibility index (Phi) is 5.44. The zero-order chi connectivity index (χ0) is 16.9. The number of rotatable bonds is 6. The van der Waals surface area contributed by atoms with Gasteiger partial charge >= 0.3 is 6.18 Å². The van der Waals surface area contributed by atoms with Crippen molar-refractivity contribution in [3.63, 3.8) is 0 Å². The molecule has 0 aliphatic carbocycles. The number of aliphatic hydroxyl groups excluding tert-OH is 1. The molecule has 0 aliphatic rings. The van der Waals surface area contributed by atoms with Gasteiger partial charge in [0.2, 0.25) is 0 Å². The zero-order valence-corrected chi connectivity index (χ0v) is 12.0. The lowest BCUT2D eigenvalue weighted by Gasteiger charge is -2.15. The Morgan fingerprint density at radius 3 is 2.26 bits per heavy atom. The van der Waals surface area contributed by atoms with E-state index in [1.165, 1.54) is 0 Å². The van der Waals surface area contributed by atoms with E-state index in [0.29, 0.717) is 0 Å². The average Bonchev–Trinajstić information content (AvgIpc) is 2.51. The van der Waals surface area contributed by atoms with Gasteiger partial charge in [-0.1, -0.05) is 24.3 Å². The van der Waals surface area contributed by atoms with E-state index >= 15 is 0 Å². The van der Waals surface area contributed by atoms with E-state index in [-0.39, 0.29) is 24.6 Å². The van der Waals surface area contributed by atoms with Crippen molar-refractivity contribution in [1.29, 1.82) is 0 Å². The topological polar surface area (TPSA) is 41.5 Å². The molecule has 0 unspecified atom stereocenters. The molecule has 3 nitrogen and oxygen atoms in total. The van der Waals surface area contributed by atoms with E-state index in [0.717, 1.165) is 29.3 Å². The van der Waals surface area contributed by atoms with Crippen molar-refractivity contribution in [2.24, 2.45) is 0 Å². The number of alkyl halides is 3. The molecule has 124 valence electrons. The standard InChI is InChI=1S/C16H15F4NO2/c17-13-5-6-15(23-10-16(18,19)20)14(7-13)21-8-11-1-3-12(9-22)4-2-11/h1-7,21-22H,8-10H2. The first-order valence-electron chi connectivity index (χ1n) is 6.79. The van der Waals surface area contributed by atoms with Crippen LogP contribution in [0.2, 0.25) is 0 Å². The summed E-state index contributed by atoms with van der Waals surface area (Å²) in [5.74, 6) is -0.654. The lowest BCUT2D eigenvalue weighted by Crippen LogP contribution is -2.19. The molecule has 2 rings (SSSR count). The van der Waals surface area contributed by atoms with Crippen LogP contribution >= 0.6 is 0 Å². The van der Waals surface area contributed by atoms with Gasteiger partial charge in [0.15, 0.2) is 6.61 Å². The Morgan fingerprint density at radius 2 is 1.65 bits per heavy atom. The SMILES string of the molecule is OCc1ccc(CNc2cc(F)ccc2OCC(F)(F)F)cc1. The number of hydrogen-bond acceptors (Lipinski definition) is 3. The van der Waals surface area contributed by atoms with Crippen LogP contribution in [-0.2, 0) is 13.2 Å². The van der Waals surface area contributed by atoms with Gasteiger partial charge in [-0.3, -0.25) is 0 Å². The third kappa shape index (κ3) is 5.45. The Morgan fingerprint density at radius 1 is 1.00 bits per heavy atom. The summed E-state index contributed by atoms with van der Waals surface area (Å²) in [4.78, 5) is 0. The molecular formula is C16H15F4NO2. The maximum absolute atomic E-state index is 13.3. The van der Waals surface area contributed by atoms with Crippen molar-refractivity contribution in [2.75, 3.05) is 11.9 Å². The van der Waals surface area contributed by atoms with Crippen LogP contribution in [0.3, 0.4) is 0 Å². The molecular weight excluding hydrogens is 314 g/mol. The van der Waals surface area contributed by atoms with Crippen LogP contribution < -0.4 is 10.1 Å². The second-order valence-corrected chi connectivity index (χ2v) is 4.87. The number of nitrogens with one attached hydrogen (secondary N) is 1. The summed E-state index contributed by atoms with van der Waals surface area (Å²) in [6.45, 7) is -1.25. The summed E-state index contributed by atoms with van der Waals surface area (Å²) in [5.41, 5.74) is 1.71. The van der Waals surface area contributed by atoms with Gasteiger partial charge in [0.25, 0.3) is 0 Å². The number of ether oxygens (including phenoxy) is 1. The second-order valence-electron chi connectivity index (χ2n) is 4.87. The highest BCUT2D eigenvalue weighted by Gasteiger charge is 2.28. The molecule has 0 fully saturated rings. The average molecular weight is 329 g/mol. The summed E-state index contributed by atoms with van der Waals surface area (Å²) >= 11 is 0. The van der Waals surface area contributed by atoms with E-state index < -0.39 is 18.6 Å². The predicted octanol–water partition coefficient (Wildman–Crippen LogP) is 3.87. The molecule has 7 heteroatoms. The molecule has 0 saturated heterocycles. The fraction of sp³-hybridized carbons (Fsp3) is 0.250. The predicted molar refractivity (Wildman–Crippen MR) is 77.6 cm³/mol. The lowest BCUT2D eigenvalue weighted by atomic mass is 10.1. The fourth-order valence-corrected chi connectivity index (χ4v) is 1.89. The van der Waals surface area contributed by atoms with Crippen molar-refractivity contribution < 1.29 is 27.4 Å². The number of halogens is 4. The Labute approximate surface area is 130 Å². The molecule has 2 aromatic carbocycles. The maximum atomic E-state index is 13.3. The molecule has 23 heavy (non-hydrogen) atoms. The number of anilines is 1. The molecule has 0 bridgehead atoms. The number of aliphatic hydroxyl groups is 1. The van der Waals surface area contributed by atoms with Gasteiger partial charge in [-0.2, -0.15) is 13.2 Å². The van der Waals surface area contributed by atoms with Crippen molar-refractivity contribution in [3.8, 4) is 5.75 Å². The quantitative estimate of drug-likeness (QED) is 0.791. The van der Waals surface area contributed by atoms with E-state index in [1.54, 1.807) is 24.3 Å². The van der Waals surface area contributed by atoms with Crippen molar-refractivity contribution >= 4 is 5.69 Å². The maximum Gasteiger partial charge on any atom is 0.422 e. The van der Waals surface area contributed by atoms with Crippen molar-refractivity contribution in [2.45, 2.75) is 19.3 Å². The molecule has 0 atom stereocenters. The Balaban J connectivity index is 2.06. The highest BCUT2D eigenvalue weighted by molar-refractivity contribution is 5.56. The highest BCUT2D eigenvalue weighted by Crippen LogP contribution is 2.28. The smallest absolute Gasteiger partial charge is 0.422 e. The summed E-state index contributed by atoms with van der Waals surface area (Å²) in [6.07, 6.45) is -4.47. The van der Waals surface area contributed by atoms with Crippen molar-refractivity contribution in [3.05, 3.63) is 59.4 Å². The van der Waals surface area contributed by atoms with Gasteiger partial charge in [0.05, 0.1) is 12.3 Å². The molecule has 0 saturated carbocycles. The number of benzene rings is 2. The fourth-order valence-electron chi connectivity index (χ4n) is 1.89. The van der Waals surface area contributed by atoms with Gasteiger partial charge < -0.3 is 15.2 Å². The minimum atomic E-state index is -4.47. The highest BCUT2D eigenvalue weighted by atomic mass is 19.4. The molecule has 0 aliphatic heterocycles. The first-order valence-corrected chi connectivity index (χ1v) is 6.79. The van der Waals surface area contributed by atoms with Gasteiger partial charge in [-0.25, -0.2) is 4.39 Å². The minimum absolute atomic E-state index is 0.0734. The van der Waals surface area contributed by atoms with Crippen LogP contribution in [0.4, 0.5) is 23.2 Å². The van der Waals surface area contributed by atoms with Gasteiger partial charge in [-0.05, 0) is 23.3 Å². The summed E-state index contributed by atoms with van der Waals surface area (Å²) < 4.78 is 54.7. The zero-order valence-electron chi connectivity index (χ0n) is 12.0. The molecule has 0 aromatic heterocycles. The summed E-state index contributed by atoms with van der Waals surface area (Å²) in [6, 6.07) is 10.2. The first kappa shape index (κ1) is 17.1. The van der Waals surface area contributed by atoms with Crippen LogP contribution in [-0.4, -0.2) is 17.9 Å². The molecule has 0 heterocycles. The Bertz CT molecular complexity index is 642. The van der Waals surface area contributed by atoms with Crippen LogP contribution in [0, 0.1) is 5.82 Å². The summed E-state index contributed by atoms with van der Waals surface area (Å²) in [7, 11) is 0. The van der Waals surface area contributed by atoms with E-state index in [9.17, 15) is 17.6 Å². The van der Waals surface area contributed by atoms with Gasteiger partial charge in [0.1, 0.15) is 11.6 Å². The molecule has 2 N–H and O–H groups in total. The van der Waals surface area contributed by atoms with Crippen molar-refractivity contribution in [1.82, 2.24) is 0 Å². The van der Waals surface area contributed by atoms with E-state index in [4.69, 9.17) is 9.84 Å². The minimum Gasteiger partial charge on any atom is -0.482 e.